The maximum atomic E-state index is 11.7. The maximum Gasteiger partial charge on any atom is 0.231 e. The van der Waals surface area contributed by atoms with E-state index in [0.717, 1.165) is 27.6 Å². The zero-order chi connectivity index (χ0) is 15.1. The van der Waals surface area contributed by atoms with Crippen LogP contribution in [0.25, 0.3) is 11.3 Å². The average Bonchev–Trinajstić information content (AvgIpc) is 3.23. The first-order valence-corrected chi connectivity index (χ1v) is 8.76. The van der Waals surface area contributed by atoms with Crippen LogP contribution < -0.4 is 10.6 Å². The van der Waals surface area contributed by atoms with Gasteiger partial charge in [-0.3, -0.25) is 4.79 Å². The number of nitrogens with zero attached hydrogens (tertiary/aromatic N) is 1. The highest BCUT2D eigenvalue weighted by molar-refractivity contribution is 7.14. The van der Waals surface area contributed by atoms with E-state index < -0.39 is 0 Å². The van der Waals surface area contributed by atoms with Gasteiger partial charge >= 0.3 is 0 Å². The second-order valence-electron chi connectivity index (χ2n) is 6.18. The predicted octanol–water partition coefficient (Wildman–Crippen LogP) is 4.22. The minimum Gasteiger partial charge on any atom is -0.359 e. The summed E-state index contributed by atoms with van der Waals surface area (Å²) < 4.78 is 0. The van der Waals surface area contributed by atoms with E-state index in [0.29, 0.717) is 6.04 Å². The Balaban J connectivity index is 1.58. The summed E-state index contributed by atoms with van der Waals surface area (Å²) in [6.07, 6.45) is 5.14. The highest BCUT2D eigenvalue weighted by Gasteiger charge is 2.26. The van der Waals surface area contributed by atoms with Crippen LogP contribution in [0, 0.1) is 0 Å². The van der Waals surface area contributed by atoms with Gasteiger partial charge in [-0.1, -0.05) is 18.9 Å². The monoisotopic (exact) mass is 313 g/mol. The number of benzene rings is 1. The number of carbonyl (C=O) groups is 1. The van der Waals surface area contributed by atoms with Gasteiger partial charge in [-0.2, -0.15) is 0 Å². The number of thiazole rings is 1. The van der Waals surface area contributed by atoms with Gasteiger partial charge in [0.25, 0.3) is 0 Å². The van der Waals surface area contributed by atoms with Gasteiger partial charge in [-0.05, 0) is 37.5 Å². The van der Waals surface area contributed by atoms with Gasteiger partial charge in [0.05, 0.1) is 11.6 Å². The number of anilines is 2. The Labute approximate surface area is 134 Å². The standard InChI is InChI=1S/C17H19N3OS/c1-10-13-8-11(6-7-14(13)19-16(10)21)15-9-22-17(20-15)18-12-4-2-3-5-12/h6-10,12H,2-5H2,1H3,(H,18,20)(H,19,21). The van der Waals surface area contributed by atoms with Gasteiger partial charge in [0.2, 0.25) is 5.91 Å². The molecule has 0 spiro atoms. The number of fused-ring (bicyclic) bond motifs is 1. The lowest BCUT2D eigenvalue weighted by atomic mass is 10.00. The fourth-order valence-corrected chi connectivity index (χ4v) is 4.09. The maximum absolute atomic E-state index is 11.7. The van der Waals surface area contributed by atoms with Crippen molar-refractivity contribution in [3.05, 3.63) is 29.1 Å². The molecule has 0 radical (unpaired) electrons. The molecule has 1 amide bonds. The molecule has 1 fully saturated rings. The molecule has 1 aromatic carbocycles. The molecule has 1 unspecified atom stereocenters. The van der Waals surface area contributed by atoms with E-state index in [4.69, 9.17) is 4.98 Å². The van der Waals surface area contributed by atoms with Crippen LogP contribution >= 0.6 is 11.3 Å². The summed E-state index contributed by atoms with van der Waals surface area (Å²) in [6.45, 7) is 1.94. The lowest BCUT2D eigenvalue weighted by molar-refractivity contribution is -0.116. The molecule has 4 rings (SSSR count). The number of amides is 1. The first-order valence-electron chi connectivity index (χ1n) is 7.88. The Morgan fingerprint density at radius 2 is 2.14 bits per heavy atom. The highest BCUT2D eigenvalue weighted by Crippen LogP contribution is 2.36. The second kappa shape index (κ2) is 5.39. The first-order chi connectivity index (χ1) is 10.7. The van der Waals surface area contributed by atoms with Crippen molar-refractivity contribution in [1.82, 2.24) is 4.98 Å². The van der Waals surface area contributed by atoms with Gasteiger partial charge in [0, 0.05) is 22.7 Å². The third-order valence-electron chi connectivity index (χ3n) is 4.65. The van der Waals surface area contributed by atoms with Crippen molar-refractivity contribution < 1.29 is 4.79 Å². The van der Waals surface area contributed by atoms with Gasteiger partial charge < -0.3 is 10.6 Å². The summed E-state index contributed by atoms with van der Waals surface area (Å²) in [4.78, 5) is 16.5. The van der Waals surface area contributed by atoms with Crippen molar-refractivity contribution >= 4 is 28.1 Å². The van der Waals surface area contributed by atoms with Crippen LogP contribution in [0.2, 0.25) is 0 Å². The summed E-state index contributed by atoms with van der Waals surface area (Å²) in [7, 11) is 0. The highest BCUT2D eigenvalue weighted by atomic mass is 32.1. The Morgan fingerprint density at radius 3 is 2.95 bits per heavy atom. The van der Waals surface area contributed by atoms with Crippen LogP contribution in [-0.4, -0.2) is 16.9 Å². The summed E-state index contributed by atoms with van der Waals surface area (Å²) in [6, 6.07) is 6.69. The molecule has 22 heavy (non-hydrogen) atoms. The zero-order valence-corrected chi connectivity index (χ0v) is 13.4. The molecule has 1 aromatic heterocycles. The minimum absolute atomic E-state index is 0.0778. The van der Waals surface area contributed by atoms with E-state index in [1.165, 1.54) is 25.7 Å². The zero-order valence-electron chi connectivity index (χ0n) is 12.6. The van der Waals surface area contributed by atoms with E-state index >= 15 is 0 Å². The first kappa shape index (κ1) is 13.8. The molecule has 1 saturated carbocycles. The van der Waals surface area contributed by atoms with Crippen LogP contribution in [0.3, 0.4) is 0 Å². The van der Waals surface area contributed by atoms with Crippen molar-refractivity contribution in [1.29, 1.82) is 0 Å². The quantitative estimate of drug-likeness (QED) is 0.892. The normalized spacial score (nSPS) is 21.0. The number of hydrogen-bond donors (Lipinski definition) is 2. The molecule has 0 saturated heterocycles. The molecule has 2 heterocycles. The van der Waals surface area contributed by atoms with Gasteiger partial charge in [0.1, 0.15) is 0 Å². The molecule has 1 aliphatic heterocycles. The summed E-state index contributed by atoms with van der Waals surface area (Å²) in [5.41, 5.74) is 4.07. The Bertz CT molecular complexity index is 718. The Hall–Kier alpha value is -1.88. The van der Waals surface area contributed by atoms with Crippen molar-refractivity contribution in [2.24, 2.45) is 0 Å². The van der Waals surface area contributed by atoms with E-state index in [2.05, 4.69) is 22.1 Å². The number of nitrogens with one attached hydrogen (secondary N) is 2. The molecule has 2 N–H and O–H groups in total. The average molecular weight is 313 g/mol. The molecule has 2 aromatic rings. The van der Waals surface area contributed by atoms with Crippen LogP contribution in [0.15, 0.2) is 23.6 Å². The Morgan fingerprint density at radius 1 is 1.32 bits per heavy atom. The summed E-state index contributed by atoms with van der Waals surface area (Å²) in [5, 5.41) is 9.55. The fourth-order valence-electron chi connectivity index (χ4n) is 3.29. The molecule has 4 nitrogen and oxygen atoms in total. The van der Waals surface area contributed by atoms with Crippen molar-refractivity contribution in [3.8, 4) is 11.3 Å². The largest absolute Gasteiger partial charge is 0.359 e. The van der Waals surface area contributed by atoms with Crippen LogP contribution in [0.1, 0.15) is 44.1 Å². The third kappa shape index (κ3) is 2.39. The molecule has 114 valence electrons. The number of rotatable bonds is 3. The molecule has 2 aliphatic rings. The number of carbonyl (C=O) groups excluding carboxylic acids is 1. The smallest absolute Gasteiger partial charge is 0.231 e. The number of aromatic nitrogens is 1. The van der Waals surface area contributed by atoms with E-state index in [1.54, 1.807) is 11.3 Å². The minimum atomic E-state index is -0.0790. The molecule has 0 bridgehead atoms. The fraction of sp³-hybridized carbons (Fsp3) is 0.412. The molecular formula is C17H19N3OS. The van der Waals surface area contributed by atoms with Gasteiger partial charge in [0.15, 0.2) is 5.13 Å². The third-order valence-corrected chi connectivity index (χ3v) is 5.43. The predicted molar refractivity (Wildman–Crippen MR) is 90.5 cm³/mol. The lowest BCUT2D eigenvalue weighted by Crippen LogP contribution is -2.13. The molecular weight excluding hydrogens is 294 g/mol. The SMILES string of the molecule is CC1C(=O)Nc2ccc(-c3csc(NC4CCCC4)n3)cc21. The number of hydrogen-bond acceptors (Lipinski definition) is 4. The van der Waals surface area contributed by atoms with E-state index in [-0.39, 0.29) is 11.8 Å². The molecule has 1 aliphatic carbocycles. The summed E-state index contributed by atoms with van der Waals surface area (Å²) in [5.74, 6) is -0.00122. The Kier molecular flexibility index (Phi) is 3.37. The second-order valence-corrected chi connectivity index (χ2v) is 7.03. The van der Waals surface area contributed by atoms with Crippen LogP contribution in [-0.2, 0) is 4.79 Å². The van der Waals surface area contributed by atoms with Crippen LogP contribution in [0.4, 0.5) is 10.8 Å². The van der Waals surface area contributed by atoms with Crippen molar-refractivity contribution in [2.45, 2.75) is 44.6 Å². The van der Waals surface area contributed by atoms with Crippen molar-refractivity contribution in [2.75, 3.05) is 10.6 Å². The van der Waals surface area contributed by atoms with Gasteiger partial charge in [-0.25, -0.2) is 4.98 Å². The topological polar surface area (TPSA) is 54.0 Å². The van der Waals surface area contributed by atoms with Gasteiger partial charge in [-0.15, -0.1) is 11.3 Å². The van der Waals surface area contributed by atoms with Crippen LogP contribution in [0.5, 0.6) is 0 Å². The van der Waals surface area contributed by atoms with E-state index in [9.17, 15) is 4.79 Å². The van der Waals surface area contributed by atoms with E-state index in [1.807, 2.05) is 19.1 Å². The molecule has 1 atom stereocenters. The summed E-state index contributed by atoms with van der Waals surface area (Å²) >= 11 is 1.66. The lowest BCUT2D eigenvalue weighted by Gasteiger charge is -2.09. The molecule has 5 heteroatoms. The van der Waals surface area contributed by atoms with Crippen molar-refractivity contribution in [3.63, 3.8) is 0 Å².